The van der Waals surface area contributed by atoms with Gasteiger partial charge in [0.05, 0.1) is 5.56 Å². The summed E-state index contributed by atoms with van der Waals surface area (Å²) in [5.74, 6) is 0.556. The zero-order valence-electron chi connectivity index (χ0n) is 13.1. The molecule has 0 saturated carbocycles. The molecule has 0 aliphatic carbocycles. The molecule has 1 fully saturated rings. The van der Waals surface area contributed by atoms with Gasteiger partial charge in [-0.3, -0.25) is 4.79 Å². The minimum absolute atomic E-state index is 0.0140. The number of rotatable bonds is 6. The highest BCUT2D eigenvalue weighted by molar-refractivity contribution is 5.99. The summed E-state index contributed by atoms with van der Waals surface area (Å²) in [7, 11) is 0. The average molecular weight is 290 g/mol. The number of anilines is 1. The Morgan fingerprint density at radius 3 is 2.81 bits per heavy atom. The molecule has 1 aromatic carbocycles. The van der Waals surface area contributed by atoms with Gasteiger partial charge < -0.3 is 15.4 Å². The maximum atomic E-state index is 12.4. The van der Waals surface area contributed by atoms with Crippen molar-refractivity contribution in [2.24, 2.45) is 5.92 Å². The van der Waals surface area contributed by atoms with E-state index in [-0.39, 0.29) is 5.91 Å². The minimum atomic E-state index is 0.0140. The molecular formula is C17H26N2O2. The second kappa shape index (κ2) is 8.03. The number of carbonyl (C=O) groups is 1. The molecule has 0 radical (unpaired) electrons. The van der Waals surface area contributed by atoms with E-state index in [4.69, 9.17) is 4.74 Å². The Hall–Kier alpha value is -1.55. The number of aryl methyl sites for hydroxylation is 1. The molecule has 0 aromatic heterocycles. The Bertz CT molecular complexity index is 468. The zero-order valence-corrected chi connectivity index (χ0v) is 13.1. The van der Waals surface area contributed by atoms with E-state index >= 15 is 0 Å². The van der Waals surface area contributed by atoms with Gasteiger partial charge in [0.15, 0.2) is 0 Å². The van der Waals surface area contributed by atoms with Crippen molar-refractivity contribution < 1.29 is 9.53 Å². The maximum Gasteiger partial charge on any atom is 0.253 e. The molecule has 1 heterocycles. The van der Waals surface area contributed by atoms with Crippen LogP contribution in [-0.2, 0) is 4.74 Å². The average Bonchev–Trinajstić information content (AvgIpc) is 2.51. The predicted molar refractivity (Wildman–Crippen MR) is 85.8 cm³/mol. The molecule has 0 bridgehead atoms. The standard InChI is InChI=1S/C17H26N2O2/c1-3-8-18-16-11-13(2)4-5-15(16)17(20)19-12-14-6-9-21-10-7-14/h4-5,11,14,18H,3,6-10,12H2,1-2H3,(H,19,20). The topological polar surface area (TPSA) is 50.4 Å². The monoisotopic (exact) mass is 290 g/mol. The van der Waals surface area contributed by atoms with Crippen molar-refractivity contribution >= 4 is 11.6 Å². The van der Waals surface area contributed by atoms with Crippen LogP contribution in [-0.4, -0.2) is 32.2 Å². The van der Waals surface area contributed by atoms with Crippen molar-refractivity contribution in [1.29, 1.82) is 0 Å². The van der Waals surface area contributed by atoms with E-state index in [9.17, 15) is 4.79 Å². The molecule has 21 heavy (non-hydrogen) atoms. The first-order chi connectivity index (χ1) is 10.2. The van der Waals surface area contributed by atoms with Gasteiger partial charge in [-0.05, 0) is 49.8 Å². The van der Waals surface area contributed by atoms with Crippen LogP contribution < -0.4 is 10.6 Å². The van der Waals surface area contributed by atoms with Crippen molar-refractivity contribution in [3.8, 4) is 0 Å². The highest BCUT2D eigenvalue weighted by Crippen LogP contribution is 2.18. The van der Waals surface area contributed by atoms with Gasteiger partial charge >= 0.3 is 0 Å². The van der Waals surface area contributed by atoms with E-state index in [0.29, 0.717) is 5.92 Å². The van der Waals surface area contributed by atoms with Crippen LogP contribution in [0.3, 0.4) is 0 Å². The summed E-state index contributed by atoms with van der Waals surface area (Å²) < 4.78 is 5.35. The summed E-state index contributed by atoms with van der Waals surface area (Å²) in [4.78, 5) is 12.4. The third-order valence-electron chi connectivity index (χ3n) is 3.88. The zero-order chi connectivity index (χ0) is 15.1. The lowest BCUT2D eigenvalue weighted by atomic mass is 10.00. The fourth-order valence-electron chi connectivity index (χ4n) is 2.54. The first-order valence-corrected chi connectivity index (χ1v) is 7.91. The van der Waals surface area contributed by atoms with Gasteiger partial charge in [-0.25, -0.2) is 0 Å². The van der Waals surface area contributed by atoms with Crippen molar-refractivity contribution in [2.75, 3.05) is 31.6 Å². The maximum absolute atomic E-state index is 12.4. The molecular weight excluding hydrogens is 264 g/mol. The third kappa shape index (κ3) is 4.74. The molecule has 0 spiro atoms. The van der Waals surface area contributed by atoms with Crippen molar-refractivity contribution in [3.05, 3.63) is 29.3 Å². The second-order valence-corrected chi connectivity index (χ2v) is 5.74. The van der Waals surface area contributed by atoms with Crippen LogP contribution in [0.15, 0.2) is 18.2 Å². The van der Waals surface area contributed by atoms with Gasteiger partial charge in [-0.1, -0.05) is 13.0 Å². The van der Waals surface area contributed by atoms with Gasteiger partial charge in [0, 0.05) is 32.0 Å². The highest BCUT2D eigenvalue weighted by atomic mass is 16.5. The van der Waals surface area contributed by atoms with Crippen LogP contribution in [0.1, 0.15) is 42.1 Å². The Kier molecular flexibility index (Phi) is 6.05. The Morgan fingerprint density at radius 1 is 1.33 bits per heavy atom. The summed E-state index contributed by atoms with van der Waals surface area (Å²) in [6.07, 6.45) is 3.11. The number of hydrogen-bond donors (Lipinski definition) is 2. The van der Waals surface area contributed by atoms with Gasteiger partial charge in [-0.15, -0.1) is 0 Å². The molecule has 1 aliphatic heterocycles. The SMILES string of the molecule is CCCNc1cc(C)ccc1C(=O)NCC1CCOCC1. The first kappa shape index (κ1) is 15.8. The number of hydrogen-bond acceptors (Lipinski definition) is 3. The fourth-order valence-corrected chi connectivity index (χ4v) is 2.54. The van der Waals surface area contributed by atoms with Crippen LogP contribution in [0, 0.1) is 12.8 Å². The molecule has 1 amide bonds. The fraction of sp³-hybridized carbons (Fsp3) is 0.588. The van der Waals surface area contributed by atoms with Crippen molar-refractivity contribution in [3.63, 3.8) is 0 Å². The molecule has 4 nitrogen and oxygen atoms in total. The molecule has 116 valence electrons. The van der Waals surface area contributed by atoms with E-state index in [2.05, 4.69) is 17.6 Å². The van der Waals surface area contributed by atoms with Crippen molar-refractivity contribution in [1.82, 2.24) is 5.32 Å². The summed E-state index contributed by atoms with van der Waals surface area (Å²) in [5, 5.41) is 6.41. The number of amides is 1. The van der Waals surface area contributed by atoms with Gasteiger partial charge in [-0.2, -0.15) is 0 Å². The molecule has 1 aromatic rings. The summed E-state index contributed by atoms with van der Waals surface area (Å²) in [5.41, 5.74) is 2.83. The molecule has 1 saturated heterocycles. The number of nitrogens with one attached hydrogen (secondary N) is 2. The second-order valence-electron chi connectivity index (χ2n) is 5.74. The Labute approximate surface area is 127 Å². The Morgan fingerprint density at radius 2 is 2.10 bits per heavy atom. The van der Waals surface area contributed by atoms with Crippen LogP contribution >= 0.6 is 0 Å². The summed E-state index contributed by atoms with van der Waals surface area (Å²) >= 11 is 0. The highest BCUT2D eigenvalue weighted by Gasteiger charge is 2.16. The molecule has 2 rings (SSSR count). The van der Waals surface area contributed by atoms with Crippen LogP contribution in [0.2, 0.25) is 0 Å². The quantitative estimate of drug-likeness (QED) is 0.847. The van der Waals surface area contributed by atoms with E-state index in [1.807, 2.05) is 25.1 Å². The first-order valence-electron chi connectivity index (χ1n) is 7.91. The normalized spacial score (nSPS) is 15.7. The number of carbonyl (C=O) groups excluding carboxylic acids is 1. The summed E-state index contributed by atoms with van der Waals surface area (Å²) in [6.45, 7) is 7.41. The van der Waals surface area contributed by atoms with E-state index in [1.54, 1.807) is 0 Å². The largest absolute Gasteiger partial charge is 0.384 e. The van der Waals surface area contributed by atoms with Crippen LogP contribution in [0.5, 0.6) is 0 Å². The lowest BCUT2D eigenvalue weighted by Gasteiger charge is -2.22. The van der Waals surface area contributed by atoms with Crippen LogP contribution in [0.4, 0.5) is 5.69 Å². The minimum Gasteiger partial charge on any atom is -0.384 e. The van der Waals surface area contributed by atoms with Gasteiger partial charge in [0.2, 0.25) is 0 Å². The van der Waals surface area contributed by atoms with Crippen molar-refractivity contribution in [2.45, 2.75) is 33.1 Å². The molecule has 4 heteroatoms. The van der Waals surface area contributed by atoms with E-state index in [0.717, 1.165) is 62.4 Å². The van der Waals surface area contributed by atoms with Gasteiger partial charge in [0.25, 0.3) is 5.91 Å². The predicted octanol–water partition coefficient (Wildman–Crippen LogP) is 2.97. The molecule has 0 unspecified atom stereocenters. The molecule has 1 aliphatic rings. The molecule has 2 N–H and O–H groups in total. The summed E-state index contributed by atoms with van der Waals surface area (Å²) in [6, 6.07) is 5.94. The lowest BCUT2D eigenvalue weighted by molar-refractivity contribution is 0.0643. The van der Waals surface area contributed by atoms with E-state index in [1.165, 1.54) is 0 Å². The third-order valence-corrected chi connectivity index (χ3v) is 3.88. The smallest absolute Gasteiger partial charge is 0.253 e. The van der Waals surface area contributed by atoms with Gasteiger partial charge in [0.1, 0.15) is 0 Å². The number of ether oxygens (including phenoxy) is 1. The Balaban J connectivity index is 1.96. The number of benzene rings is 1. The van der Waals surface area contributed by atoms with Crippen LogP contribution in [0.25, 0.3) is 0 Å². The molecule has 0 atom stereocenters. The lowest BCUT2D eigenvalue weighted by Crippen LogP contribution is -2.32. The van der Waals surface area contributed by atoms with E-state index < -0.39 is 0 Å².